The molecule has 0 radical (unpaired) electrons. The maximum absolute atomic E-state index is 4.01. The van der Waals surface area contributed by atoms with Crippen LogP contribution in [0.3, 0.4) is 0 Å². The molecule has 0 saturated heterocycles. The zero-order valence-corrected chi connectivity index (χ0v) is 10.7. The number of rotatable bonds is 2. The van der Waals surface area contributed by atoms with Crippen molar-refractivity contribution in [2.45, 2.75) is 0 Å². The first kappa shape index (κ1) is 10.4. The Kier molecular flexibility index (Phi) is 2.59. The lowest BCUT2D eigenvalue weighted by atomic mass is 10.1. The number of H-pyrrole nitrogens is 1. The van der Waals surface area contributed by atoms with Gasteiger partial charge in [-0.2, -0.15) is 5.10 Å². The van der Waals surface area contributed by atoms with Crippen molar-refractivity contribution in [2.75, 3.05) is 0 Å². The Labute approximate surface area is 110 Å². The summed E-state index contributed by atoms with van der Waals surface area (Å²) in [5, 5.41) is 18.1. The van der Waals surface area contributed by atoms with E-state index in [9.17, 15) is 0 Å². The van der Waals surface area contributed by atoms with Gasteiger partial charge in [-0.3, -0.25) is 5.10 Å². The molecule has 0 atom stereocenters. The molecule has 0 saturated carbocycles. The molecule has 0 aliphatic carbocycles. The standard InChI is InChI=1S/C10H7IN6/c11-9-5-12-14-10(9)7-2-1-3-8(4-7)17-6-13-15-16-17/h1-6H,(H,12,14). The molecule has 2 heterocycles. The maximum atomic E-state index is 4.01. The molecule has 0 amide bonds. The van der Waals surface area contributed by atoms with Gasteiger partial charge in [0.25, 0.3) is 0 Å². The topological polar surface area (TPSA) is 72.3 Å². The van der Waals surface area contributed by atoms with Gasteiger partial charge in [0.15, 0.2) is 0 Å². The van der Waals surface area contributed by atoms with Crippen molar-refractivity contribution < 1.29 is 0 Å². The van der Waals surface area contributed by atoms with Gasteiger partial charge in [0.1, 0.15) is 6.33 Å². The summed E-state index contributed by atoms with van der Waals surface area (Å²) in [4.78, 5) is 0. The molecule has 84 valence electrons. The highest BCUT2D eigenvalue weighted by Crippen LogP contribution is 2.23. The Morgan fingerprint density at radius 3 is 2.94 bits per heavy atom. The third kappa shape index (κ3) is 1.93. The van der Waals surface area contributed by atoms with Gasteiger partial charge in [-0.1, -0.05) is 12.1 Å². The summed E-state index contributed by atoms with van der Waals surface area (Å²) in [6.07, 6.45) is 3.36. The second-order valence-corrected chi connectivity index (χ2v) is 4.56. The molecule has 7 heteroatoms. The van der Waals surface area contributed by atoms with Crippen molar-refractivity contribution in [3.05, 3.63) is 40.4 Å². The van der Waals surface area contributed by atoms with Crippen LogP contribution < -0.4 is 0 Å². The largest absolute Gasteiger partial charge is 0.277 e. The second kappa shape index (κ2) is 4.24. The van der Waals surface area contributed by atoms with E-state index in [0.29, 0.717) is 0 Å². The van der Waals surface area contributed by atoms with Gasteiger partial charge < -0.3 is 0 Å². The van der Waals surface area contributed by atoms with E-state index in [1.165, 1.54) is 0 Å². The summed E-state index contributed by atoms with van der Waals surface area (Å²) < 4.78 is 2.70. The zero-order chi connectivity index (χ0) is 11.7. The Morgan fingerprint density at radius 1 is 1.29 bits per heavy atom. The Balaban J connectivity index is 2.09. The van der Waals surface area contributed by atoms with E-state index in [2.05, 4.69) is 48.3 Å². The van der Waals surface area contributed by atoms with Crippen molar-refractivity contribution in [2.24, 2.45) is 0 Å². The fourth-order valence-electron chi connectivity index (χ4n) is 1.56. The summed E-state index contributed by atoms with van der Waals surface area (Å²) in [7, 11) is 0. The van der Waals surface area contributed by atoms with Crippen LogP contribution in [0.1, 0.15) is 0 Å². The van der Waals surface area contributed by atoms with E-state index in [-0.39, 0.29) is 0 Å². The molecule has 6 nitrogen and oxygen atoms in total. The number of nitrogens with one attached hydrogen (secondary N) is 1. The molecule has 0 unspecified atom stereocenters. The predicted octanol–water partition coefficient (Wildman–Crippen LogP) is 1.66. The highest BCUT2D eigenvalue weighted by Gasteiger charge is 2.06. The third-order valence-electron chi connectivity index (χ3n) is 2.34. The van der Waals surface area contributed by atoms with Crippen molar-refractivity contribution in [1.29, 1.82) is 0 Å². The quantitative estimate of drug-likeness (QED) is 0.722. The fraction of sp³-hybridized carbons (Fsp3) is 0. The molecule has 3 aromatic rings. The van der Waals surface area contributed by atoms with Crippen LogP contribution in [0.5, 0.6) is 0 Å². The van der Waals surface area contributed by atoms with Crippen LogP contribution in [0.4, 0.5) is 0 Å². The highest BCUT2D eigenvalue weighted by molar-refractivity contribution is 14.1. The Morgan fingerprint density at radius 2 is 2.24 bits per heavy atom. The van der Waals surface area contributed by atoms with Crippen LogP contribution in [0.15, 0.2) is 36.8 Å². The molecule has 1 aromatic carbocycles. The summed E-state index contributed by atoms with van der Waals surface area (Å²) in [5.41, 5.74) is 2.97. The first-order chi connectivity index (χ1) is 8.34. The number of benzene rings is 1. The van der Waals surface area contributed by atoms with E-state index in [1.54, 1.807) is 17.2 Å². The number of hydrogen-bond donors (Lipinski definition) is 1. The lowest BCUT2D eigenvalue weighted by Crippen LogP contribution is -1.95. The van der Waals surface area contributed by atoms with E-state index < -0.39 is 0 Å². The first-order valence-electron chi connectivity index (χ1n) is 4.87. The molecule has 0 spiro atoms. The van der Waals surface area contributed by atoms with Gasteiger partial charge in [0.2, 0.25) is 0 Å². The molecule has 0 fully saturated rings. The number of nitrogens with zero attached hydrogens (tertiary/aromatic N) is 5. The number of aromatic amines is 1. The minimum absolute atomic E-state index is 0.915. The van der Waals surface area contributed by atoms with Crippen molar-refractivity contribution >= 4 is 22.6 Å². The Bertz CT molecular complexity index is 630. The molecule has 0 bridgehead atoms. The summed E-state index contributed by atoms with van der Waals surface area (Å²) >= 11 is 2.24. The summed E-state index contributed by atoms with van der Waals surface area (Å²) in [6, 6.07) is 7.93. The zero-order valence-electron chi connectivity index (χ0n) is 8.58. The van der Waals surface area contributed by atoms with E-state index in [1.807, 2.05) is 24.3 Å². The lowest BCUT2D eigenvalue weighted by Gasteiger charge is -2.02. The van der Waals surface area contributed by atoms with Crippen molar-refractivity contribution in [3.63, 3.8) is 0 Å². The van der Waals surface area contributed by atoms with Crippen LogP contribution in [0, 0.1) is 3.57 Å². The number of aromatic nitrogens is 6. The number of hydrogen-bond acceptors (Lipinski definition) is 4. The van der Waals surface area contributed by atoms with E-state index in [0.717, 1.165) is 20.5 Å². The smallest absolute Gasteiger partial charge is 0.143 e. The van der Waals surface area contributed by atoms with Gasteiger partial charge in [-0.25, -0.2) is 4.68 Å². The van der Waals surface area contributed by atoms with Gasteiger partial charge in [0.05, 0.1) is 21.1 Å². The van der Waals surface area contributed by atoms with Crippen LogP contribution >= 0.6 is 22.6 Å². The second-order valence-electron chi connectivity index (χ2n) is 3.40. The van der Waals surface area contributed by atoms with Crippen molar-refractivity contribution in [1.82, 2.24) is 30.4 Å². The molecule has 0 aliphatic heterocycles. The maximum Gasteiger partial charge on any atom is 0.143 e. The SMILES string of the molecule is Ic1cn[nH]c1-c1cccc(-n2cnnn2)c1. The molecule has 0 aliphatic rings. The fourth-order valence-corrected chi connectivity index (χ4v) is 2.13. The van der Waals surface area contributed by atoms with E-state index >= 15 is 0 Å². The molecule has 2 aromatic heterocycles. The van der Waals surface area contributed by atoms with Crippen LogP contribution in [-0.4, -0.2) is 30.4 Å². The average molecular weight is 338 g/mol. The van der Waals surface area contributed by atoms with Gasteiger partial charge in [-0.15, -0.1) is 5.10 Å². The first-order valence-corrected chi connectivity index (χ1v) is 5.95. The summed E-state index contributed by atoms with van der Waals surface area (Å²) in [6.45, 7) is 0. The van der Waals surface area contributed by atoms with Gasteiger partial charge in [0, 0.05) is 5.56 Å². The number of halogens is 1. The van der Waals surface area contributed by atoms with Gasteiger partial charge in [-0.05, 0) is 45.2 Å². The lowest BCUT2D eigenvalue weighted by molar-refractivity contribution is 0.789. The van der Waals surface area contributed by atoms with Gasteiger partial charge >= 0.3 is 0 Å². The average Bonchev–Trinajstić information content (AvgIpc) is 2.99. The minimum Gasteiger partial charge on any atom is -0.277 e. The van der Waals surface area contributed by atoms with Crippen molar-refractivity contribution in [3.8, 4) is 16.9 Å². The molecular weight excluding hydrogens is 331 g/mol. The number of tetrazole rings is 1. The molecule has 17 heavy (non-hydrogen) atoms. The monoisotopic (exact) mass is 338 g/mol. The third-order valence-corrected chi connectivity index (χ3v) is 3.16. The van der Waals surface area contributed by atoms with E-state index in [4.69, 9.17) is 0 Å². The van der Waals surface area contributed by atoms with Crippen LogP contribution in [0.2, 0.25) is 0 Å². The molecule has 1 N–H and O–H groups in total. The van der Waals surface area contributed by atoms with Crippen LogP contribution in [0.25, 0.3) is 16.9 Å². The normalized spacial score (nSPS) is 10.6. The Hall–Kier alpha value is -1.77. The summed E-state index contributed by atoms with van der Waals surface area (Å²) in [5.74, 6) is 0. The van der Waals surface area contributed by atoms with Crippen LogP contribution in [-0.2, 0) is 0 Å². The molecule has 3 rings (SSSR count). The molecular formula is C10H7IN6. The predicted molar refractivity (Wildman–Crippen MR) is 69.5 cm³/mol. The minimum atomic E-state index is 0.915. The highest BCUT2D eigenvalue weighted by atomic mass is 127.